The lowest BCUT2D eigenvalue weighted by Crippen LogP contribution is -2.53. The van der Waals surface area contributed by atoms with Crippen molar-refractivity contribution in [1.82, 2.24) is 5.32 Å². The third-order valence-corrected chi connectivity index (χ3v) is 3.88. The first kappa shape index (κ1) is 16.1. The molecular weight excluding hydrogens is 281 g/mol. The molecule has 1 aromatic carbocycles. The van der Waals surface area contributed by atoms with Crippen molar-refractivity contribution in [3.8, 4) is 0 Å². The van der Waals surface area contributed by atoms with Crippen LogP contribution < -0.4 is 10.2 Å². The van der Waals surface area contributed by atoms with Crippen LogP contribution in [0, 0.1) is 5.92 Å². The van der Waals surface area contributed by atoms with Crippen LogP contribution in [0.2, 0.25) is 0 Å². The van der Waals surface area contributed by atoms with Gasteiger partial charge >= 0.3 is 6.18 Å². The van der Waals surface area contributed by atoms with Gasteiger partial charge in [0.2, 0.25) is 0 Å². The molecular formula is C15H21F3N2O. The Morgan fingerprint density at radius 2 is 1.95 bits per heavy atom. The molecule has 1 aliphatic rings. The highest BCUT2D eigenvalue weighted by atomic mass is 19.4. The van der Waals surface area contributed by atoms with Crippen molar-refractivity contribution in [3.05, 3.63) is 30.3 Å². The summed E-state index contributed by atoms with van der Waals surface area (Å²) in [4.78, 5) is 2.04. The molecule has 1 aromatic rings. The van der Waals surface area contributed by atoms with Crippen LogP contribution in [0.25, 0.3) is 0 Å². The maximum absolute atomic E-state index is 12.4. The molecule has 1 aliphatic heterocycles. The van der Waals surface area contributed by atoms with E-state index in [-0.39, 0.29) is 12.0 Å². The van der Waals surface area contributed by atoms with Gasteiger partial charge in [0, 0.05) is 30.7 Å². The molecule has 2 N–H and O–H groups in total. The number of para-hydroxylation sites is 1. The van der Waals surface area contributed by atoms with Gasteiger partial charge in [0.25, 0.3) is 0 Å². The molecule has 21 heavy (non-hydrogen) atoms. The second kappa shape index (κ2) is 6.66. The number of aliphatic hydroxyl groups excluding tert-OH is 1. The van der Waals surface area contributed by atoms with Gasteiger partial charge in [0.05, 0.1) is 12.6 Å². The Bertz CT molecular complexity index is 436. The minimum absolute atomic E-state index is 0.0373. The predicted octanol–water partition coefficient (Wildman–Crippen LogP) is 2.41. The van der Waals surface area contributed by atoms with E-state index in [0.29, 0.717) is 19.5 Å². The van der Waals surface area contributed by atoms with Crippen molar-refractivity contribution in [1.29, 1.82) is 0 Å². The summed E-state index contributed by atoms with van der Waals surface area (Å²) in [5.74, 6) is -0.0373. The van der Waals surface area contributed by atoms with E-state index in [2.05, 4.69) is 5.32 Å². The van der Waals surface area contributed by atoms with E-state index in [4.69, 9.17) is 0 Å². The predicted molar refractivity (Wildman–Crippen MR) is 76.3 cm³/mol. The molecule has 118 valence electrons. The molecule has 0 aromatic heterocycles. The summed E-state index contributed by atoms with van der Waals surface area (Å²) in [6.45, 7) is 1.88. The molecule has 0 amide bonds. The first-order valence-electron chi connectivity index (χ1n) is 7.13. The second-order valence-corrected chi connectivity index (χ2v) is 5.67. The van der Waals surface area contributed by atoms with Crippen molar-refractivity contribution in [2.45, 2.75) is 31.7 Å². The van der Waals surface area contributed by atoms with E-state index in [9.17, 15) is 18.3 Å². The summed E-state index contributed by atoms with van der Waals surface area (Å²) in [5.41, 5.74) is 0.974. The SMILES string of the molecule is CC(O)C1CC(NCC(F)(F)F)CN(c2ccccc2)C1. The Hall–Kier alpha value is -1.27. The Morgan fingerprint density at radius 3 is 2.52 bits per heavy atom. The average Bonchev–Trinajstić information content (AvgIpc) is 2.45. The number of halogens is 3. The van der Waals surface area contributed by atoms with E-state index in [0.717, 1.165) is 5.69 Å². The molecule has 0 radical (unpaired) electrons. The molecule has 3 unspecified atom stereocenters. The summed E-state index contributed by atoms with van der Waals surface area (Å²) >= 11 is 0. The molecule has 1 saturated heterocycles. The first-order valence-corrected chi connectivity index (χ1v) is 7.13. The quantitative estimate of drug-likeness (QED) is 0.896. The number of nitrogens with zero attached hydrogens (tertiary/aromatic N) is 1. The number of nitrogens with one attached hydrogen (secondary N) is 1. The second-order valence-electron chi connectivity index (χ2n) is 5.67. The molecule has 1 heterocycles. The van der Waals surface area contributed by atoms with Crippen LogP contribution in [-0.4, -0.2) is 43.1 Å². The van der Waals surface area contributed by atoms with Gasteiger partial charge in [-0.2, -0.15) is 13.2 Å². The van der Waals surface area contributed by atoms with Gasteiger partial charge in [0.15, 0.2) is 0 Å². The lowest BCUT2D eigenvalue weighted by Gasteiger charge is -2.40. The van der Waals surface area contributed by atoms with E-state index < -0.39 is 18.8 Å². The van der Waals surface area contributed by atoms with Crippen molar-refractivity contribution in [3.63, 3.8) is 0 Å². The summed E-state index contributed by atoms with van der Waals surface area (Å²) in [6.07, 6.45) is -4.20. The van der Waals surface area contributed by atoms with Crippen molar-refractivity contribution in [2.75, 3.05) is 24.5 Å². The number of hydrogen-bond donors (Lipinski definition) is 2. The molecule has 0 saturated carbocycles. The summed E-state index contributed by atoms with van der Waals surface area (Å²) < 4.78 is 37.1. The molecule has 0 aliphatic carbocycles. The molecule has 6 heteroatoms. The monoisotopic (exact) mass is 302 g/mol. The largest absolute Gasteiger partial charge is 0.401 e. The van der Waals surface area contributed by atoms with Gasteiger partial charge < -0.3 is 15.3 Å². The Labute approximate surface area is 122 Å². The fourth-order valence-electron chi connectivity index (χ4n) is 2.75. The van der Waals surface area contributed by atoms with Crippen LogP contribution >= 0.6 is 0 Å². The number of piperidine rings is 1. The summed E-state index contributed by atoms with van der Waals surface area (Å²) in [6, 6.07) is 9.30. The molecule has 1 fully saturated rings. The zero-order chi connectivity index (χ0) is 15.5. The van der Waals surface area contributed by atoms with Gasteiger partial charge in [-0.3, -0.25) is 0 Å². The average molecular weight is 302 g/mol. The molecule has 3 nitrogen and oxygen atoms in total. The van der Waals surface area contributed by atoms with Crippen LogP contribution in [0.5, 0.6) is 0 Å². The fraction of sp³-hybridized carbons (Fsp3) is 0.600. The number of anilines is 1. The number of benzene rings is 1. The number of hydrogen-bond acceptors (Lipinski definition) is 3. The van der Waals surface area contributed by atoms with E-state index >= 15 is 0 Å². The van der Waals surface area contributed by atoms with Gasteiger partial charge in [-0.1, -0.05) is 18.2 Å². The minimum Gasteiger partial charge on any atom is -0.393 e. The summed E-state index contributed by atoms with van der Waals surface area (Å²) in [7, 11) is 0. The molecule has 0 spiro atoms. The number of rotatable bonds is 4. The highest BCUT2D eigenvalue weighted by Crippen LogP contribution is 2.26. The van der Waals surface area contributed by atoms with Crippen LogP contribution in [-0.2, 0) is 0 Å². The topological polar surface area (TPSA) is 35.5 Å². The lowest BCUT2D eigenvalue weighted by molar-refractivity contribution is -0.126. The van der Waals surface area contributed by atoms with Crippen molar-refractivity contribution in [2.24, 2.45) is 5.92 Å². The third-order valence-electron chi connectivity index (χ3n) is 3.88. The van der Waals surface area contributed by atoms with E-state index in [1.807, 2.05) is 35.2 Å². The zero-order valence-electron chi connectivity index (χ0n) is 12.0. The van der Waals surface area contributed by atoms with Crippen LogP contribution in [0.3, 0.4) is 0 Å². The Morgan fingerprint density at radius 1 is 1.29 bits per heavy atom. The third kappa shape index (κ3) is 4.89. The van der Waals surface area contributed by atoms with Gasteiger partial charge in [0.1, 0.15) is 0 Å². The van der Waals surface area contributed by atoms with Gasteiger partial charge in [-0.05, 0) is 25.5 Å². The molecule has 0 bridgehead atoms. The standard InChI is InChI=1S/C15H21F3N2O/c1-11(21)12-7-13(19-10-15(16,17)18)9-20(8-12)14-5-3-2-4-6-14/h2-6,11-13,19,21H,7-10H2,1H3. The fourth-order valence-corrected chi connectivity index (χ4v) is 2.75. The number of alkyl halides is 3. The smallest absolute Gasteiger partial charge is 0.393 e. The van der Waals surface area contributed by atoms with Gasteiger partial charge in [-0.15, -0.1) is 0 Å². The van der Waals surface area contributed by atoms with Crippen LogP contribution in [0.1, 0.15) is 13.3 Å². The lowest BCUT2D eigenvalue weighted by atomic mass is 9.90. The molecule has 3 atom stereocenters. The zero-order valence-corrected chi connectivity index (χ0v) is 12.0. The molecule has 2 rings (SSSR count). The number of aliphatic hydroxyl groups is 1. The normalized spacial score (nSPS) is 24.9. The van der Waals surface area contributed by atoms with Crippen molar-refractivity contribution >= 4 is 5.69 Å². The highest BCUT2D eigenvalue weighted by molar-refractivity contribution is 5.46. The van der Waals surface area contributed by atoms with E-state index in [1.54, 1.807) is 6.92 Å². The first-order chi connectivity index (χ1) is 9.85. The highest BCUT2D eigenvalue weighted by Gasteiger charge is 2.33. The van der Waals surface area contributed by atoms with E-state index in [1.165, 1.54) is 0 Å². The maximum atomic E-state index is 12.4. The summed E-state index contributed by atoms with van der Waals surface area (Å²) in [5, 5.41) is 12.4. The maximum Gasteiger partial charge on any atom is 0.401 e. The Balaban J connectivity index is 2.05. The Kier molecular flexibility index (Phi) is 5.11. The van der Waals surface area contributed by atoms with Crippen molar-refractivity contribution < 1.29 is 18.3 Å². The minimum atomic E-state index is -4.21. The van der Waals surface area contributed by atoms with Crippen LogP contribution in [0.4, 0.5) is 18.9 Å². The van der Waals surface area contributed by atoms with Gasteiger partial charge in [-0.25, -0.2) is 0 Å². The van der Waals surface area contributed by atoms with Crippen LogP contribution in [0.15, 0.2) is 30.3 Å².